The fraction of sp³-hybridized carbons (Fsp3) is 0.583. The average molecular weight is 273 g/mol. The van der Waals surface area contributed by atoms with Gasteiger partial charge in [-0.15, -0.1) is 11.3 Å². The summed E-state index contributed by atoms with van der Waals surface area (Å²) in [4.78, 5) is 17.5. The highest BCUT2D eigenvalue weighted by atomic mass is 35.5. The Morgan fingerprint density at radius 3 is 2.82 bits per heavy atom. The van der Waals surface area contributed by atoms with E-state index in [1.807, 2.05) is 13.1 Å². The molecule has 5 heteroatoms. The Balaban J connectivity index is 2.16. The molecule has 0 bridgehead atoms. The van der Waals surface area contributed by atoms with E-state index in [2.05, 4.69) is 16.8 Å². The summed E-state index contributed by atoms with van der Waals surface area (Å²) in [6.07, 6.45) is 1.11. The van der Waals surface area contributed by atoms with Crippen LogP contribution >= 0.6 is 22.9 Å². The van der Waals surface area contributed by atoms with E-state index in [0.717, 1.165) is 30.9 Å². The summed E-state index contributed by atoms with van der Waals surface area (Å²) in [7, 11) is 4.10. The van der Waals surface area contributed by atoms with Crippen molar-refractivity contribution >= 4 is 28.7 Å². The molecular weight excluding hydrogens is 256 g/mol. The van der Waals surface area contributed by atoms with Crippen LogP contribution in [0.1, 0.15) is 16.1 Å². The zero-order valence-electron chi connectivity index (χ0n) is 10.1. The van der Waals surface area contributed by atoms with Gasteiger partial charge in [-0.1, -0.05) is 11.6 Å². The summed E-state index contributed by atoms with van der Waals surface area (Å²) in [5.41, 5.74) is 0. The third kappa shape index (κ3) is 3.07. The van der Waals surface area contributed by atoms with E-state index in [0.29, 0.717) is 4.34 Å². The van der Waals surface area contributed by atoms with Crippen molar-refractivity contribution in [1.82, 2.24) is 9.80 Å². The monoisotopic (exact) mass is 272 g/mol. The van der Waals surface area contributed by atoms with Gasteiger partial charge in [0.05, 0.1) is 15.3 Å². The molecule has 0 aliphatic carbocycles. The lowest BCUT2D eigenvalue weighted by molar-refractivity contribution is 0.0844. The quantitative estimate of drug-likeness (QED) is 0.772. The van der Waals surface area contributed by atoms with Crippen LogP contribution in [0.2, 0.25) is 4.34 Å². The van der Waals surface area contributed by atoms with Crippen LogP contribution in [0.5, 0.6) is 0 Å². The summed E-state index contributed by atoms with van der Waals surface area (Å²) in [5, 5.41) is 0. The van der Waals surface area contributed by atoms with Crippen molar-refractivity contribution < 1.29 is 4.79 Å². The largest absolute Gasteiger partial charge is 0.304 e. The third-order valence-corrected chi connectivity index (χ3v) is 4.43. The molecule has 0 aromatic carbocycles. The molecule has 2 heterocycles. The smallest absolute Gasteiger partial charge is 0.191 e. The maximum absolute atomic E-state index is 12.4. The van der Waals surface area contributed by atoms with E-state index >= 15 is 0 Å². The minimum absolute atomic E-state index is 0.0442. The molecule has 1 aliphatic rings. The standard InChI is InChI=1S/C12H17ClN2OS/c1-14-6-3-7-15(2)9(8-14)12(16)10-4-5-11(13)17-10/h4-5,9H,3,6-8H2,1-2H3. The Morgan fingerprint density at radius 2 is 2.18 bits per heavy atom. The fourth-order valence-electron chi connectivity index (χ4n) is 2.17. The van der Waals surface area contributed by atoms with Crippen molar-refractivity contribution in [2.24, 2.45) is 0 Å². The number of nitrogens with zero attached hydrogens (tertiary/aromatic N) is 2. The molecule has 1 unspecified atom stereocenters. The molecule has 0 N–H and O–H groups in total. The number of thiophene rings is 1. The number of carbonyl (C=O) groups excluding carboxylic acids is 1. The molecule has 1 saturated heterocycles. The lowest BCUT2D eigenvalue weighted by Gasteiger charge is -2.25. The van der Waals surface area contributed by atoms with Crippen LogP contribution < -0.4 is 0 Å². The number of ketones is 1. The number of carbonyl (C=O) groups is 1. The fourth-order valence-corrected chi connectivity index (χ4v) is 3.20. The van der Waals surface area contributed by atoms with Crippen LogP contribution in [-0.4, -0.2) is 55.4 Å². The second-order valence-corrected chi connectivity index (χ2v) is 6.30. The number of Topliss-reactive ketones (excluding diaryl/α,β-unsaturated/α-hetero) is 1. The van der Waals surface area contributed by atoms with Crippen molar-refractivity contribution in [3.05, 3.63) is 21.3 Å². The van der Waals surface area contributed by atoms with Crippen LogP contribution in [0.4, 0.5) is 0 Å². The number of likely N-dealkylation sites (N-methyl/N-ethyl adjacent to an activating group) is 2. The Morgan fingerprint density at radius 1 is 1.41 bits per heavy atom. The molecule has 1 aliphatic heterocycles. The molecule has 3 nitrogen and oxygen atoms in total. The third-order valence-electron chi connectivity index (χ3n) is 3.19. The SMILES string of the molecule is CN1CCCN(C)C(C(=O)c2ccc(Cl)s2)C1. The van der Waals surface area contributed by atoms with Crippen LogP contribution in [0.3, 0.4) is 0 Å². The van der Waals surface area contributed by atoms with Crippen molar-refractivity contribution in [2.75, 3.05) is 33.7 Å². The molecule has 17 heavy (non-hydrogen) atoms. The van der Waals surface area contributed by atoms with Gasteiger partial charge in [-0.05, 0) is 45.7 Å². The predicted octanol–water partition coefficient (Wildman–Crippen LogP) is 2.22. The summed E-state index contributed by atoms with van der Waals surface area (Å²) in [6, 6.07) is 3.57. The number of hydrogen-bond acceptors (Lipinski definition) is 4. The Kier molecular flexibility index (Phi) is 4.20. The summed E-state index contributed by atoms with van der Waals surface area (Å²) in [5.74, 6) is 0.193. The van der Waals surface area contributed by atoms with E-state index in [-0.39, 0.29) is 11.8 Å². The van der Waals surface area contributed by atoms with Crippen LogP contribution in [-0.2, 0) is 0 Å². The zero-order valence-corrected chi connectivity index (χ0v) is 11.7. The topological polar surface area (TPSA) is 23.6 Å². The van der Waals surface area contributed by atoms with Crippen molar-refractivity contribution in [3.63, 3.8) is 0 Å². The van der Waals surface area contributed by atoms with E-state index < -0.39 is 0 Å². The summed E-state index contributed by atoms with van der Waals surface area (Å²) >= 11 is 7.25. The van der Waals surface area contributed by atoms with Gasteiger partial charge in [0.15, 0.2) is 5.78 Å². The van der Waals surface area contributed by atoms with Crippen molar-refractivity contribution in [2.45, 2.75) is 12.5 Å². The lowest BCUT2D eigenvalue weighted by Crippen LogP contribution is -2.43. The summed E-state index contributed by atoms with van der Waals surface area (Å²) in [6.45, 7) is 2.82. The highest BCUT2D eigenvalue weighted by Crippen LogP contribution is 2.24. The summed E-state index contributed by atoms with van der Waals surface area (Å²) < 4.78 is 0.679. The predicted molar refractivity (Wildman–Crippen MR) is 72.2 cm³/mol. The van der Waals surface area contributed by atoms with Gasteiger partial charge in [0, 0.05) is 6.54 Å². The molecule has 2 rings (SSSR count). The molecule has 0 saturated carbocycles. The van der Waals surface area contributed by atoms with Crippen LogP contribution in [0.15, 0.2) is 12.1 Å². The van der Waals surface area contributed by atoms with Gasteiger partial charge in [-0.3, -0.25) is 9.69 Å². The first-order chi connectivity index (χ1) is 8.08. The zero-order chi connectivity index (χ0) is 12.4. The second kappa shape index (κ2) is 5.48. The Hall–Kier alpha value is -0.420. The second-order valence-electron chi connectivity index (χ2n) is 4.58. The minimum atomic E-state index is -0.0442. The Bertz CT molecular complexity index is 407. The maximum Gasteiger partial charge on any atom is 0.191 e. The number of hydrogen-bond donors (Lipinski definition) is 0. The van der Waals surface area contributed by atoms with Crippen molar-refractivity contribution in [3.8, 4) is 0 Å². The molecule has 1 atom stereocenters. The van der Waals surface area contributed by atoms with Gasteiger partial charge < -0.3 is 4.90 Å². The van der Waals surface area contributed by atoms with E-state index in [1.165, 1.54) is 11.3 Å². The van der Waals surface area contributed by atoms with Gasteiger partial charge >= 0.3 is 0 Å². The average Bonchev–Trinajstić information content (AvgIpc) is 2.64. The van der Waals surface area contributed by atoms with Gasteiger partial charge in [0.2, 0.25) is 0 Å². The highest BCUT2D eigenvalue weighted by Gasteiger charge is 2.28. The van der Waals surface area contributed by atoms with Crippen molar-refractivity contribution in [1.29, 1.82) is 0 Å². The highest BCUT2D eigenvalue weighted by molar-refractivity contribution is 7.18. The Labute approximate surface area is 111 Å². The van der Waals surface area contributed by atoms with E-state index in [4.69, 9.17) is 11.6 Å². The first kappa shape index (κ1) is 13.0. The normalized spacial score (nSPS) is 23.6. The molecule has 0 amide bonds. The molecule has 1 aromatic rings. The first-order valence-electron chi connectivity index (χ1n) is 5.76. The molecule has 1 aromatic heterocycles. The number of rotatable bonds is 2. The van der Waals surface area contributed by atoms with E-state index in [9.17, 15) is 4.79 Å². The van der Waals surface area contributed by atoms with Gasteiger partial charge in [0.25, 0.3) is 0 Å². The lowest BCUT2D eigenvalue weighted by atomic mass is 10.1. The number of halogens is 1. The molecule has 0 radical (unpaired) electrons. The maximum atomic E-state index is 12.4. The molecular formula is C12H17ClN2OS. The minimum Gasteiger partial charge on any atom is -0.304 e. The van der Waals surface area contributed by atoms with Crippen LogP contribution in [0, 0.1) is 0 Å². The van der Waals surface area contributed by atoms with Gasteiger partial charge in [0.1, 0.15) is 0 Å². The molecule has 0 spiro atoms. The van der Waals surface area contributed by atoms with Crippen LogP contribution in [0.25, 0.3) is 0 Å². The molecule has 94 valence electrons. The van der Waals surface area contributed by atoms with Gasteiger partial charge in [-0.2, -0.15) is 0 Å². The van der Waals surface area contributed by atoms with Gasteiger partial charge in [-0.25, -0.2) is 0 Å². The van der Waals surface area contributed by atoms with E-state index in [1.54, 1.807) is 6.07 Å². The first-order valence-corrected chi connectivity index (χ1v) is 6.95. The molecule has 1 fully saturated rings.